The molecule has 0 saturated carbocycles. The molecule has 1 aromatic carbocycles. The summed E-state index contributed by atoms with van der Waals surface area (Å²) in [7, 11) is -3.60. The minimum absolute atomic E-state index is 0.0688. The lowest BCUT2D eigenvalue weighted by Gasteiger charge is -2.31. The Morgan fingerprint density at radius 1 is 1.37 bits per heavy atom. The molecule has 1 fully saturated rings. The van der Waals surface area contributed by atoms with Crippen molar-refractivity contribution >= 4 is 33.2 Å². The van der Waals surface area contributed by atoms with Crippen molar-refractivity contribution in [2.45, 2.75) is 17.7 Å². The molecule has 0 radical (unpaired) electrons. The molecule has 1 atom stereocenters. The zero-order chi connectivity index (χ0) is 14.0. The molecule has 19 heavy (non-hydrogen) atoms. The minimum atomic E-state index is -3.60. The van der Waals surface area contributed by atoms with Crippen LogP contribution in [-0.4, -0.2) is 32.4 Å². The molecule has 1 heterocycles. The molecule has 1 aliphatic heterocycles. The maximum absolute atomic E-state index is 12.6. The van der Waals surface area contributed by atoms with E-state index in [2.05, 4.69) is 0 Å². The van der Waals surface area contributed by atoms with Gasteiger partial charge in [0.05, 0.1) is 10.0 Å². The van der Waals surface area contributed by atoms with E-state index in [1.54, 1.807) is 12.1 Å². The van der Waals surface area contributed by atoms with Gasteiger partial charge >= 0.3 is 0 Å². The van der Waals surface area contributed by atoms with Crippen molar-refractivity contribution in [2.75, 3.05) is 19.6 Å². The van der Waals surface area contributed by atoms with E-state index < -0.39 is 10.0 Å². The third-order valence-corrected chi connectivity index (χ3v) is 6.19. The molecule has 0 spiro atoms. The summed E-state index contributed by atoms with van der Waals surface area (Å²) in [5, 5.41) is 0.328. The van der Waals surface area contributed by atoms with Crippen LogP contribution in [0.2, 0.25) is 10.0 Å². The van der Waals surface area contributed by atoms with Crippen LogP contribution in [0, 0.1) is 5.92 Å². The number of hydrogen-bond donors (Lipinski definition) is 1. The predicted octanol–water partition coefficient (Wildman–Crippen LogP) is 2.35. The lowest BCUT2D eigenvalue weighted by Crippen LogP contribution is -2.42. The zero-order valence-corrected chi connectivity index (χ0v) is 12.7. The highest BCUT2D eigenvalue weighted by Gasteiger charge is 2.31. The average Bonchev–Trinajstić information content (AvgIpc) is 2.41. The fraction of sp³-hybridized carbons (Fsp3) is 0.500. The lowest BCUT2D eigenvalue weighted by molar-refractivity contribution is 0.271. The molecule has 0 amide bonds. The van der Waals surface area contributed by atoms with E-state index in [1.807, 2.05) is 0 Å². The van der Waals surface area contributed by atoms with Gasteiger partial charge in [-0.05, 0) is 37.4 Å². The first-order chi connectivity index (χ1) is 8.96. The zero-order valence-electron chi connectivity index (χ0n) is 10.4. The van der Waals surface area contributed by atoms with Gasteiger partial charge in [-0.3, -0.25) is 0 Å². The van der Waals surface area contributed by atoms with Crippen LogP contribution in [0.4, 0.5) is 0 Å². The molecule has 1 unspecified atom stereocenters. The molecule has 2 rings (SSSR count). The summed E-state index contributed by atoms with van der Waals surface area (Å²) in [6.07, 6.45) is 1.78. The Morgan fingerprint density at radius 2 is 2.11 bits per heavy atom. The van der Waals surface area contributed by atoms with E-state index in [0.717, 1.165) is 12.8 Å². The lowest BCUT2D eigenvalue weighted by atomic mass is 10.0. The van der Waals surface area contributed by atoms with Crippen molar-refractivity contribution in [2.24, 2.45) is 11.7 Å². The summed E-state index contributed by atoms with van der Waals surface area (Å²) in [6.45, 7) is 1.44. The SMILES string of the molecule is NCC1CCCN(S(=O)(=O)c2cccc(Cl)c2Cl)C1. The standard InChI is InChI=1S/C12H16Cl2N2O2S/c13-10-4-1-5-11(12(10)14)19(17,18)16-6-2-3-9(7-15)8-16/h1,4-5,9H,2-3,6-8,15H2. The van der Waals surface area contributed by atoms with E-state index in [-0.39, 0.29) is 20.9 Å². The van der Waals surface area contributed by atoms with Crippen LogP contribution in [-0.2, 0) is 10.0 Å². The monoisotopic (exact) mass is 322 g/mol. The van der Waals surface area contributed by atoms with Gasteiger partial charge in [-0.2, -0.15) is 4.31 Å². The van der Waals surface area contributed by atoms with Gasteiger partial charge in [0.25, 0.3) is 0 Å². The molecule has 0 aromatic heterocycles. The van der Waals surface area contributed by atoms with Crippen LogP contribution in [0.1, 0.15) is 12.8 Å². The number of sulfonamides is 1. The highest BCUT2D eigenvalue weighted by atomic mass is 35.5. The summed E-state index contributed by atoms with van der Waals surface area (Å²) in [5.74, 6) is 0.210. The van der Waals surface area contributed by atoms with E-state index in [0.29, 0.717) is 19.6 Å². The van der Waals surface area contributed by atoms with Crippen molar-refractivity contribution in [3.05, 3.63) is 28.2 Å². The molecule has 1 aromatic rings. The van der Waals surface area contributed by atoms with Gasteiger partial charge in [0.1, 0.15) is 4.90 Å². The Labute approximate surface area is 123 Å². The summed E-state index contributed by atoms with van der Waals surface area (Å²) >= 11 is 11.9. The highest BCUT2D eigenvalue weighted by Crippen LogP contribution is 2.32. The largest absolute Gasteiger partial charge is 0.330 e. The van der Waals surface area contributed by atoms with Crippen LogP contribution in [0.25, 0.3) is 0 Å². The predicted molar refractivity (Wildman–Crippen MR) is 77.0 cm³/mol. The number of nitrogens with zero attached hydrogens (tertiary/aromatic N) is 1. The topological polar surface area (TPSA) is 63.4 Å². The van der Waals surface area contributed by atoms with Crippen LogP contribution in [0.5, 0.6) is 0 Å². The maximum atomic E-state index is 12.6. The smallest absolute Gasteiger partial charge is 0.244 e. The van der Waals surface area contributed by atoms with Gasteiger partial charge in [-0.25, -0.2) is 8.42 Å². The van der Waals surface area contributed by atoms with Crippen molar-refractivity contribution in [3.63, 3.8) is 0 Å². The van der Waals surface area contributed by atoms with E-state index in [4.69, 9.17) is 28.9 Å². The number of piperidine rings is 1. The van der Waals surface area contributed by atoms with Gasteiger partial charge in [0.15, 0.2) is 0 Å². The molecule has 0 bridgehead atoms. The van der Waals surface area contributed by atoms with Crippen LogP contribution in [0.3, 0.4) is 0 Å². The Hall–Kier alpha value is -0.330. The molecule has 0 aliphatic carbocycles. The third kappa shape index (κ3) is 3.06. The average molecular weight is 323 g/mol. The Morgan fingerprint density at radius 3 is 2.79 bits per heavy atom. The van der Waals surface area contributed by atoms with Gasteiger partial charge in [-0.1, -0.05) is 29.3 Å². The Kier molecular flexibility index (Phi) is 4.74. The van der Waals surface area contributed by atoms with Gasteiger partial charge < -0.3 is 5.73 Å². The highest BCUT2D eigenvalue weighted by molar-refractivity contribution is 7.89. The maximum Gasteiger partial charge on any atom is 0.244 e. The van der Waals surface area contributed by atoms with Crippen molar-refractivity contribution in [1.82, 2.24) is 4.31 Å². The quantitative estimate of drug-likeness (QED) is 0.929. The minimum Gasteiger partial charge on any atom is -0.330 e. The summed E-state index contributed by atoms with van der Waals surface area (Å²) < 4.78 is 26.6. The number of benzene rings is 1. The molecule has 1 saturated heterocycles. The van der Waals surface area contributed by atoms with Gasteiger partial charge in [0, 0.05) is 13.1 Å². The van der Waals surface area contributed by atoms with Crippen LogP contribution < -0.4 is 5.73 Å². The van der Waals surface area contributed by atoms with Crippen LogP contribution >= 0.6 is 23.2 Å². The fourth-order valence-corrected chi connectivity index (χ4v) is 4.55. The number of hydrogen-bond acceptors (Lipinski definition) is 3. The van der Waals surface area contributed by atoms with E-state index in [1.165, 1.54) is 10.4 Å². The molecular weight excluding hydrogens is 307 g/mol. The summed E-state index contributed by atoms with van der Waals surface area (Å²) in [4.78, 5) is 0.0688. The number of nitrogens with two attached hydrogens (primary N) is 1. The molecule has 1 aliphatic rings. The second-order valence-electron chi connectivity index (χ2n) is 4.66. The van der Waals surface area contributed by atoms with Gasteiger partial charge in [-0.15, -0.1) is 0 Å². The van der Waals surface area contributed by atoms with Crippen molar-refractivity contribution in [3.8, 4) is 0 Å². The summed E-state index contributed by atoms with van der Waals surface area (Å²) in [5.41, 5.74) is 5.63. The first kappa shape index (κ1) is 15.1. The van der Waals surface area contributed by atoms with Crippen LogP contribution in [0.15, 0.2) is 23.1 Å². The Balaban J connectivity index is 2.34. The normalized spacial score (nSPS) is 21.5. The molecule has 7 heteroatoms. The molecule has 2 N–H and O–H groups in total. The fourth-order valence-electron chi connectivity index (χ4n) is 2.26. The van der Waals surface area contributed by atoms with E-state index >= 15 is 0 Å². The third-order valence-electron chi connectivity index (χ3n) is 3.35. The summed E-state index contributed by atoms with van der Waals surface area (Å²) in [6, 6.07) is 4.64. The van der Waals surface area contributed by atoms with E-state index in [9.17, 15) is 8.42 Å². The number of rotatable bonds is 3. The van der Waals surface area contributed by atoms with Gasteiger partial charge in [0.2, 0.25) is 10.0 Å². The Bertz CT molecular complexity index is 563. The number of halogens is 2. The first-order valence-electron chi connectivity index (χ1n) is 6.11. The molecular formula is C12H16Cl2N2O2S. The molecule has 4 nitrogen and oxygen atoms in total. The second-order valence-corrected chi connectivity index (χ2v) is 7.35. The first-order valence-corrected chi connectivity index (χ1v) is 8.30. The second kappa shape index (κ2) is 5.97. The van der Waals surface area contributed by atoms with Crippen molar-refractivity contribution in [1.29, 1.82) is 0 Å². The molecule has 106 valence electrons. The van der Waals surface area contributed by atoms with Crippen molar-refractivity contribution < 1.29 is 8.42 Å².